The largest absolute Gasteiger partial charge is 0.508 e. The van der Waals surface area contributed by atoms with Crippen LogP contribution in [0.15, 0.2) is 91.0 Å². The minimum absolute atomic E-state index is 0.0461. The molecule has 3 rings (SSSR count). The van der Waals surface area contributed by atoms with E-state index in [9.17, 15) is 28.3 Å². The summed E-state index contributed by atoms with van der Waals surface area (Å²) in [7, 11) is -4.28. The van der Waals surface area contributed by atoms with E-state index < -0.39 is 27.6 Å². The Labute approximate surface area is 205 Å². The highest BCUT2D eigenvalue weighted by atomic mass is 32.2. The van der Waals surface area contributed by atoms with Crippen LogP contribution in [-0.2, 0) is 16.5 Å². The normalized spacial score (nSPS) is 14.5. The van der Waals surface area contributed by atoms with Crippen LogP contribution in [0.4, 0.5) is 0 Å². The van der Waals surface area contributed by atoms with Gasteiger partial charge in [-0.25, -0.2) is 0 Å². The summed E-state index contributed by atoms with van der Waals surface area (Å²) in [5.74, 6) is 0.662. The first-order valence-electron chi connectivity index (χ1n) is 11.3. The van der Waals surface area contributed by atoms with Gasteiger partial charge < -0.3 is 20.1 Å². The summed E-state index contributed by atoms with van der Waals surface area (Å²) < 4.78 is 39.3. The molecule has 3 aromatic carbocycles. The zero-order chi connectivity index (χ0) is 25.3. The molecule has 7 nitrogen and oxygen atoms in total. The van der Waals surface area contributed by atoms with E-state index in [0.717, 1.165) is 11.1 Å². The van der Waals surface area contributed by atoms with Gasteiger partial charge in [-0.15, -0.1) is 0 Å². The first-order chi connectivity index (χ1) is 16.8. The standard InChI is InChI=1S/C27H30O7S/c28-19-27(22-5-2-1-3-6-22)34-24-16-9-20(10-17-24)11-18-25(35(31,32)33)7-4-8-26(30)21-12-14-23(29)15-13-21/h1-6,8-10,12-17,25-30H,7,11,18-19H2,(H,31,32,33). The first kappa shape index (κ1) is 26.4. The van der Waals surface area contributed by atoms with Gasteiger partial charge in [0.15, 0.2) is 0 Å². The third kappa shape index (κ3) is 8.22. The second kappa shape index (κ2) is 12.5. The van der Waals surface area contributed by atoms with Gasteiger partial charge >= 0.3 is 0 Å². The number of phenols is 1. The van der Waals surface area contributed by atoms with Crippen LogP contribution in [0.25, 0.3) is 0 Å². The number of allylic oxidation sites excluding steroid dienone is 1. The van der Waals surface area contributed by atoms with Crippen molar-refractivity contribution in [3.05, 3.63) is 108 Å². The minimum Gasteiger partial charge on any atom is -0.508 e. The average Bonchev–Trinajstić information content (AvgIpc) is 2.85. The third-order valence-electron chi connectivity index (χ3n) is 5.67. The summed E-state index contributed by atoms with van der Waals surface area (Å²) in [4.78, 5) is 0. The third-order valence-corrected chi connectivity index (χ3v) is 6.94. The van der Waals surface area contributed by atoms with E-state index in [4.69, 9.17) is 4.74 Å². The molecule has 35 heavy (non-hydrogen) atoms. The van der Waals surface area contributed by atoms with Crippen LogP contribution in [0.5, 0.6) is 11.5 Å². The van der Waals surface area contributed by atoms with E-state index in [2.05, 4.69) is 0 Å². The second-order valence-electron chi connectivity index (χ2n) is 8.22. The quantitative estimate of drug-likeness (QED) is 0.216. The van der Waals surface area contributed by atoms with Crippen LogP contribution in [0, 0.1) is 0 Å². The van der Waals surface area contributed by atoms with Crippen LogP contribution in [0.1, 0.15) is 41.7 Å². The SMILES string of the molecule is O=S(=O)(O)C(CC=CC(O)c1ccc(O)cc1)CCc1ccc(OC(CO)c2ccccc2)cc1. The van der Waals surface area contributed by atoms with Crippen molar-refractivity contribution in [2.75, 3.05) is 6.61 Å². The van der Waals surface area contributed by atoms with Gasteiger partial charge in [0.25, 0.3) is 10.1 Å². The van der Waals surface area contributed by atoms with Crippen molar-refractivity contribution in [1.29, 1.82) is 0 Å². The van der Waals surface area contributed by atoms with Crippen LogP contribution in [0.3, 0.4) is 0 Å². The number of aryl methyl sites for hydroxylation is 1. The summed E-state index contributed by atoms with van der Waals surface area (Å²) in [5.41, 5.74) is 2.29. The molecule has 0 saturated heterocycles. The van der Waals surface area contributed by atoms with Crippen molar-refractivity contribution in [2.24, 2.45) is 0 Å². The van der Waals surface area contributed by atoms with Gasteiger partial charge in [-0.2, -0.15) is 8.42 Å². The maximum absolute atomic E-state index is 11.9. The van der Waals surface area contributed by atoms with Crippen molar-refractivity contribution in [3.8, 4) is 11.5 Å². The smallest absolute Gasteiger partial charge is 0.268 e. The van der Waals surface area contributed by atoms with E-state index in [1.807, 2.05) is 42.5 Å². The molecule has 3 unspecified atom stereocenters. The number of aliphatic hydroxyl groups is 2. The fourth-order valence-electron chi connectivity index (χ4n) is 3.64. The Morgan fingerprint density at radius 1 is 0.886 bits per heavy atom. The van der Waals surface area contributed by atoms with Crippen LogP contribution >= 0.6 is 0 Å². The van der Waals surface area contributed by atoms with Gasteiger partial charge in [0.05, 0.1) is 18.0 Å². The molecular formula is C27H30O7S. The van der Waals surface area contributed by atoms with Gasteiger partial charge in [-0.05, 0) is 60.2 Å². The molecule has 0 saturated carbocycles. The Bertz CT molecular complexity index is 1170. The van der Waals surface area contributed by atoms with Crippen molar-refractivity contribution in [3.63, 3.8) is 0 Å². The molecule has 0 aromatic heterocycles. The monoisotopic (exact) mass is 498 g/mol. The maximum Gasteiger partial charge on any atom is 0.268 e. The molecule has 0 amide bonds. The number of benzene rings is 3. The molecule has 186 valence electrons. The van der Waals surface area contributed by atoms with Crippen LogP contribution < -0.4 is 4.74 Å². The number of ether oxygens (including phenoxy) is 1. The Hall–Kier alpha value is -3.17. The molecule has 0 heterocycles. The predicted octanol–water partition coefficient (Wildman–Crippen LogP) is 4.37. The van der Waals surface area contributed by atoms with Gasteiger partial charge in [-0.3, -0.25) is 4.55 Å². The molecule has 0 spiro atoms. The Kier molecular flexibility index (Phi) is 9.45. The number of aliphatic hydroxyl groups excluding tert-OH is 2. The van der Waals surface area contributed by atoms with Crippen LogP contribution in [-0.4, -0.2) is 40.1 Å². The Morgan fingerprint density at radius 2 is 1.54 bits per heavy atom. The molecule has 0 radical (unpaired) electrons. The van der Waals surface area contributed by atoms with Crippen molar-refractivity contribution < 1.29 is 33.0 Å². The lowest BCUT2D eigenvalue weighted by atomic mass is 10.0. The number of aromatic hydroxyl groups is 1. The summed E-state index contributed by atoms with van der Waals surface area (Å²) in [6.07, 6.45) is 2.21. The predicted molar refractivity (Wildman–Crippen MR) is 134 cm³/mol. The second-order valence-corrected chi connectivity index (χ2v) is 9.92. The van der Waals surface area contributed by atoms with Gasteiger partial charge in [-0.1, -0.05) is 66.7 Å². The lowest BCUT2D eigenvalue weighted by Gasteiger charge is -2.17. The van der Waals surface area contributed by atoms with E-state index >= 15 is 0 Å². The first-order valence-corrected chi connectivity index (χ1v) is 12.8. The lowest BCUT2D eigenvalue weighted by molar-refractivity contribution is 0.116. The fourth-order valence-corrected chi connectivity index (χ4v) is 4.41. The molecule has 0 fully saturated rings. The number of hydrogen-bond donors (Lipinski definition) is 4. The van der Waals surface area contributed by atoms with Gasteiger partial charge in [0, 0.05) is 0 Å². The molecule has 0 aliphatic rings. The number of rotatable bonds is 12. The van der Waals surface area contributed by atoms with Gasteiger partial charge in [0.1, 0.15) is 17.6 Å². The highest BCUT2D eigenvalue weighted by molar-refractivity contribution is 7.86. The number of hydrogen-bond acceptors (Lipinski definition) is 6. The molecule has 4 N–H and O–H groups in total. The average molecular weight is 499 g/mol. The minimum atomic E-state index is -4.28. The van der Waals surface area contributed by atoms with E-state index in [1.165, 1.54) is 24.3 Å². The summed E-state index contributed by atoms with van der Waals surface area (Å²) >= 11 is 0. The molecule has 0 aliphatic heterocycles. The molecule has 3 atom stereocenters. The zero-order valence-electron chi connectivity index (χ0n) is 19.1. The van der Waals surface area contributed by atoms with Crippen molar-refractivity contribution >= 4 is 10.1 Å². The molecule has 3 aromatic rings. The number of phenolic OH excluding ortho intramolecular Hbond substituents is 1. The molecule has 8 heteroatoms. The summed E-state index contributed by atoms with van der Waals surface area (Å²) in [6, 6.07) is 22.6. The van der Waals surface area contributed by atoms with Crippen molar-refractivity contribution in [1.82, 2.24) is 0 Å². The maximum atomic E-state index is 11.9. The summed E-state index contributed by atoms with van der Waals surface area (Å²) in [6.45, 7) is -0.170. The zero-order valence-corrected chi connectivity index (χ0v) is 20.0. The van der Waals surface area contributed by atoms with E-state index in [1.54, 1.807) is 24.3 Å². The van der Waals surface area contributed by atoms with Crippen LogP contribution in [0.2, 0.25) is 0 Å². The topological polar surface area (TPSA) is 124 Å². The van der Waals surface area contributed by atoms with Crippen molar-refractivity contribution in [2.45, 2.75) is 36.7 Å². The van der Waals surface area contributed by atoms with Gasteiger partial charge in [0.2, 0.25) is 0 Å². The van der Waals surface area contributed by atoms with E-state index in [-0.39, 0.29) is 25.2 Å². The Morgan fingerprint density at radius 3 is 2.14 bits per heavy atom. The molecular weight excluding hydrogens is 468 g/mol. The Balaban J connectivity index is 1.56. The highest BCUT2D eigenvalue weighted by Crippen LogP contribution is 2.24. The fraction of sp³-hybridized carbons (Fsp3) is 0.259. The van der Waals surface area contributed by atoms with E-state index in [0.29, 0.717) is 17.7 Å². The summed E-state index contributed by atoms with van der Waals surface area (Å²) in [5, 5.41) is 28.2. The lowest BCUT2D eigenvalue weighted by Crippen LogP contribution is -2.20. The highest BCUT2D eigenvalue weighted by Gasteiger charge is 2.21. The molecule has 0 bridgehead atoms. The molecule has 0 aliphatic carbocycles.